The quantitative estimate of drug-likeness (QED) is 0.801. The third-order valence-electron chi connectivity index (χ3n) is 3.36. The number of carbonyl (C=O) groups is 1. The molecule has 0 atom stereocenters. The molecule has 0 unspecified atom stereocenters. The second kappa shape index (κ2) is 5.96. The van der Waals surface area contributed by atoms with Crippen LogP contribution in [0.3, 0.4) is 0 Å². The van der Waals surface area contributed by atoms with Gasteiger partial charge in [-0.1, -0.05) is 17.3 Å². The Hall–Kier alpha value is -3.09. The number of benzene rings is 1. The zero-order valence-electron chi connectivity index (χ0n) is 13.0. The molecule has 0 fully saturated rings. The number of ether oxygens (including phenoxy) is 1. The first-order chi connectivity index (χ1) is 11.1. The summed E-state index contributed by atoms with van der Waals surface area (Å²) in [6, 6.07) is 10.7. The first-order valence-electron chi connectivity index (χ1n) is 7.00. The highest BCUT2D eigenvalue weighted by Gasteiger charge is 2.17. The van der Waals surface area contributed by atoms with Gasteiger partial charge in [0.05, 0.1) is 18.4 Å². The van der Waals surface area contributed by atoms with Gasteiger partial charge >= 0.3 is 0 Å². The molecular weight excluding hydrogens is 296 g/mol. The fraction of sp³-hybridized carbons (Fsp3) is 0.188. The molecule has 0 radical (unpaired) electrons. The van der Waals surface area contributed by atoms with E-state index in [1.54, 1.807) is 31.0 Å². The molecule has 0 saturated heterocycles. The van der Waals surface area contributed by atoms with Crippen LogP contribution in [0, 0.1) is 6.92 Å². The van der Waals surface area contributed by atoms with Crippen LogP contribution in [-0.4, -0.2) is 28.0 Å². The van der Waals surface area contributed by atoms with Gasteiger partial charge in [-0.3, -0.25) is 9.48 Å². The highest BCUT2D eigenvalue weighted by atomic mass is 16.5. The minimum absolute atomic E-state index is 0.185. The molecule has 1 aromatic carbocycles. The van der Waals surface area contributed by atoms with Gasteiger partial charge in [0, 0.05) is 19.2 Å². The largest absolute Gasteiger partial charge is 0.496 e. The highest BCUT2D eigenvalue weighted by Crippen LogP contribution is 2.30. The monoisotopic (exact) mass is 312 g/mol. The third-order valence-corrected chi connectivity index (χ3v) is 3.36. The average molecular weight is 312 g/mol. The Bertz CT molecular complexity index is 851. The maximum absolute atomic E-state index is 12.3. The Kier molecular flexibility index (Phi) is 3.84. The van der Waals surface area contributed by atoms with Crippen LogP contribution in [-0.2, 0) is 7.05 Å². The Morgan fingerprint density at radius 3 is 2.78 bits per heavy atom. The Morgan fingerprint density at radius 1 is 1.30 bits per heavy atom. The summed E-state index contributed by atoms with van der Waals surface area (Å²) in [5.41, 5.74) is 1.74. The van der Waals surface area contributed by atoms with Gasteiger partial charge in [-0.25, -0.2) is 0 Å². The Labute approximate surface area is 132 Å². The zero-order valence-corrected chi connectivity index (χ0v) is 13.0. The second-order valence-corrected chi connectivity index (χ2v) is 5.03. The summed E-state index contributed by atoms with van der Waals surface area (Å²) in [6.45, 7) is 1.85. The molecule has 1 amide bonds. The fourth-order valence-electron chi connectivity index (χ4n) is 2.27. The van der Waals surface area contributed by atoms with Crippen LogP contribution in [0.25, 0.3) is 11.3 Å². The van der Waals surface area contributed by atoms with Crippen molar-refractivity contribution in [2.24, 2.45) is 7.05 Å². The number of hydrogen-bond acceptors (Lipinski definition) is 5. The Balaban J connectivity index is 1.84. The van der Waals surface area contributed by atoms with Gasteiger partial charge in [-0.2, -0.15) is 5.10 Å². The van der Waals surface area contributed by atoms with Crippen molar-refractivity contribution >= 4 is 11.7 Å². The number of aryl methyl sites for hydroxylation is 2. The smallest absolute Gasteiger partial charge is 0.279 e. The molecule has 0 aliphatic rings. The van der Waals surface area contributed by atoms with Crippen LogP contribution < -0.4 is 10.1 Å². The fourth-order valence-corrected chi connectivity index (χ4v) is 2.27. The first-order valence-corrected chi connectivity index (χ1v) is 7.00. The number of hydrogen-bond donors (Lipinski definition) is 1. The number of nitrogens with zero attached hydrogens (tertiary/aromatic N) is 3. The SMILES string of the molecule is COc1ccccc1-c1cc(C(=O)Nc2cc(C)nn2C)no1. The van der Waals surface area contributed by atoms with Crippen LogP contribution in [0.15, 0.2) is 40.9 Å². The number of anilines is 1. The molecule has 23 heavy (non-hydrogen) atoms. The summed E-state index contributed by atoms with van der Waals surface area (Å²) >= 11 is 0. The average Bonchev–Trinajstić information content (AvgIpc) is 3.14. The van der Waals surface area contributed by atoms with Gasteiger partial charge in [-0.15, -0.1) is 0 Å². The molecule has 0 saturated carbocycles. The predicted octanol–water partition coefficient (Wildman–Crippen LogP) is 2.64. The van der Waals surface area contributed by atoms with Gasteiger partial charge < -0.3 is 14.6 Å². The molecule has 2 aromatic heterocycles. The number of amides is 1. The predicted molar refractivity (Wildman–Crippen MR) is 84.4 cm³/mol. The highest BCUT2D eigenvalue weighted by molar-refractivity contribution is 6.02. The van der Waals surface area contributed by atoms with Gasteiger partial charge in [-0.05, 0) is 19.1 Å². The van der Waals surface area contributed by atoms with E-state index < -0.39 is 0 Å². The van der Waals surface area contributed by atoms with Crippen molar-refractivity contribution in [3.8, 4) is 17.1 Å². The number of aromatic nitrogens is 3. The Morgan fingerprint density at radius 2 is 2.09 bits per heavy atom. The minimum atomic E-state index is -0.363. The second-order valence-electron chi connectivity index (χ2n) is 5.03. The van der Waals surface area contributed by atoms with Crippen LogP contribution in [0.4, 0.5) is 5.82 Å². The number of para-hydroxylation sites is 1. The minimum Gasteiger partial charge on any atom is -0.496 e. The van der Waals surface area contributed by atoms with Crippen molar-refractivity contribution in [1.29, 1.82) is 0 Å². The maximum atomic E-state index is 12.3. The van der Waals surface area contributed by atoms with Crippen molar-refractivity contribution in [1.82, 2.24) is 14.9 Å². The van der Waals surface area contributed by atoms with E-state index in [1.165, 1.54) is 0 Å². The molecule has 0 aliphatic carbocycles. The normalized spacial score (nSPS) is 10.6. The lowest BCUT2D eigenvalue weighted by atomic mass is 10.1. The van der Waals surface area contributed by atoms with E-state index in [9.17, 15) is 4.79 Å². The molecule has 7 nitrogen and oxygen atoms in total. The van der Waals surface area contributed by atoms with E-state index in [2.05, 4.69) is 15.6 Å². The van der Waals surface area contributed by atoms with Crippen LogP contribution in [0.5, 0.6) is 5.75 Å². The number of methoxy groups -OCH3 is 1. The standard InChI is InChI=1S/C16H16N4O3/c1-10-8-15(20(2)18-10)17-16(21)12-9-14(23-19-12)11-6-4-5-7-13(11)22-3/h4-9H,1-3H3,(H,17,21). The molecule has 0 spiro atoms. The summed E-state index contributed by atoms with van der Waals surface area (Å²) in [7, 11) is 3.33. The van der Waals surface area contributed by atoms with Gasteiger partial charge in [0.15, 0.2) is 11.5 Å². The van der Waals surface area contributed by atoms with E-state index in [0.717, 1.165) is 11.3 Å². The van der Waals surface area contributed by atoms with Crippen molar-refractivity contribution in [3.63, 3.8) is 0 Å². The molecule has 0 aliphatic heterocycles. The summed E-state index contributed by atoms with van der Waals surface area (Å²) in [5.74, 6) is 1.35. The number of carbonyl (C=O) groups excluding carboxylic acids is 1. The molecule has 3 rings (SSSR count). The zero-order chi connectivity index (χ0) is 16.4. The summed E-state index contributed by atoms with van der Waals surface area (Å²) in [4.78, 5) is 12.3. The lowest BCUT2D eigenvalue weighted by Gasteiger charge is -2.03. The maximum Gasteiger partial charge on any atom is 0.279 e. The van der Waals surface area contributed by atoms with E-state index in [-0.39, 0.29) is 11.6 Å². The molecule has 7 heteroatoms. The molecule has 1 N–H and O–H groups in total. The van der Waals surface area contributed by atoms with Gasteiger partial charge in [0.25, 0.3) is 5.91 Å². The van der Waals surface area contributed by atoms with Crippen LogP contribution in [0.1, 0.15) is 16.2 Å². The lowest BCUT2D eigenvalue weighted by Crippen LogP contribution is -2.14. The summed E-state index contributed by atoms with van der Waals surface area (Å²) in [5, 5.41) is 10.8. The molecular formula is C16H16N4O3. The molecule has 0 bridgehead atoms. The van der Waals surface area contributed by atoms with E-state index >= 15 is 0 Å². The van der Waals surface area contributed by atoms with Gasteiger partial charge in [0.1, 0.15) is 11.6 Å². The van der Waals surface area contributed by atoms with Crippen LogP contribution in [0.2, 0.25) is 0 Å². The molecule has 2 heterocycles. The summed E-state index contributed by atoms with van der Waals surface area (Å²) in [6.07, 6.45) is 0. The third kappa shape index (κ3) is 2.94. The van der Waals surface area contributed by atoms with E-state index in [4.69, 9.17) is 9.26 Å². The number of nitrogens with one attached hydrogen (secondary N) is 1. The number of rotatable bonds is 4. The lowest BCUT2D eigenvalue weighted by molar-refractivity contribution is 0.101. The molecule has 3 aromatic rings. The van der Waals surface area contributed by atoms with E-state index in [0.29, 0.717) is 17.3 Å². The topological polar surface area (TPSA) is 82.2 Å². The van der Waals surface area contributed by atoms with Gasteiger partial charge in [0.2, 0.25) is 0 Å². The molecule has 118 valence electrons. The van der Waals surface area contributed by atoms with Crippen LogP contribution >= 0.6 is 0 Å². The van der Waals surface area contributed by atoms with Crippen molar-refractivity contribution in [2.75, 3.05) is 12.4 Å². The van der Waals surface area contributed by atoms with E-state index in [1.807, 2.05) is 31.2 Å². The van der Waals surface area contributed by atoms with Crippen molar-refractivity contribution in [2.45, 2.75) is 6.92 Å². The first kappa shape index (κ1) is 14.8. The van der Waals surface area contributed by atoms with Crippen molar-refractivity contribution < 1.29 is 14.1 Å². The van der Waals surface area contributed by atoms with Crippen molar-refractivity contribution in [3.05, 3.63) is 47.8 Å². The summed E-state index contributed by atoms with van der Waals surface area (Å²) < 4.78 is 12.1.